The minimum Gasteiger partial charge on any atom is -0.351 e. The molecule has 14 heavy (non-hydrogen) atoms. The number of rotatable bonds is 4. The summed E-state index contributed by atoms with van der Waals surface area (Å²) in [7, 11) is 0. The molecular weight excluding hydrogens is 180 g/mol. The van der Waals surface area contributed by atoms with Crippen molar-refractivity contribution >= 4 is 5.91 Å². The van der Waals surface area contributed by atoms with Crippen LogP contribution in [0.5, 0.6) is 0 Å². The average molecular weight is 194 g/mol. The molecule has 0 aromatic carbocycles. The number of aromatic nitrogens is 2. The molecule has 1 aromatic heterocycles. The Labute approximate surface area is 82.7 Å². The summed E-state index contributed by atoms with van der Waals surface area (Å²) in [4.78, 5) is 11.4. The van der Waals surface area contributed by atoms with Crippen LogP contribution in [0.4, 0.5) is 0 Å². The fourth-order valence-corrected chi connectivity index (χ4v) is 0.969. The van der Waals surface area contributed by atoms with Crippen LogP contribution < -0.4 is 11.1 Å². The Morgan fingerprint density at radius 3 is 3.07 bits per heavy atom. The van der Waals surface area contributed by atoms with Gasteiger partial charge < -0.3 is 11.1 Å². The van der Waals surface area contributed by atoms with E-state index >= 15 is 0 Å². The molecule has 0 aliphatic rings. The van der Waals surface area contributed by atoms with Crippen LogP contribution in [-0.2, 0) is 0 Å². The Hall–Kier alpha value is -1.49. The van der Waals surface area contributed by atoms with E-state index < -0.39 is 0 Å². The molecule has 0 unspecified atom stereocenters. The number of hydrogen-bond donors (Lipinski definition) is 2. The fourth-order valence-electron chi connectivity index (χ4n) is 0.969. The summed E-state index contributed by atoms with van der Waals surface area (Å²) in [5.74, 6) is -0.199. The monoisotopic (exact) mass is 194 g/mol. The lowest BCUT2D eigenvalue weighted by molar-refractivity contribution is 0.0947. The molecular formula is C9H14N4O. The maximum absolute atomic E-state index is 11.4. The molecule has 0 atom stereocenters. The number of aryl methyl sites for hydroxylation is 1. The minimum atomic E-state index is -0.199. The van der Waals surface area contributed by atoms with Crippen molar-refractivity contribution < 1.29 is 4.79 Å². The largest absolute Gasteiger partial charge is 0.351 e. The van der Waals surface area contributed by atoms with Crippen LogP contribution >= 0.6 is 0 Å². The first-order valence-corrected chi connectivity index (χ1v) is 4.51. The highest BCUT2D eigenvalue weighted by Gasteiger charge is 2.06. The predicted molar refractivity (Wildman–Crippen MR) is 52.8 cm³/mol. The van der Waals surface area contributed by atoms with E-state index in [1.165, 1.54) is 0 Å². The number of carbonyl (C=O) groups excluding carboxylic acids is 1. The van der Waals surface area contributed by atoms with Crippen LogP contribution in [0, 0.1) is 6.92 Å². The van der Waals surface area contributed by atoms with Gasteiger partial charge in [-0.2, -0.15) is 5.10 Å². The molecule has 0 saturated carbocycles. The molecule has 0 bridgehead atoms. The van der Waals surface area contributed by atoms with Gasteiger partial charge in [0, 0.05) is 6.54 Å². The quantitative estimate of drug-likeness (QED) is 0.654. The number of carbonyl (C=O) groups is 1. The maximum atomic E-state index is 11.4. The number of hydrogen-bond acceptors (Lipinski definition) is 4. The summed E-state index contributed by atoms with van der Waals surface area (Å²) in [6.07, 6.45) is 2.38. The second-order valence-electron chi connectivity index (χ2n) is 3.02. The zero-order chi connectivity index (χ0) is 10.4. The van der Waals surface area contributed by atoms with Crippen molar-refractivity contribution in [1.29, 1.82) is 0 Å². The second kappa shape index (κ2) is 5.29. The van der Waals surface area contributed by atoms with Crippen molar-refractivity contribution in [3.05, 3.63) is 23.5 Å². The minimum absolute atomic E-state index is 0.199. The van der Waals surface area contributed by atoms with Gasteiger partial charge in [-0.1, -0.05) is 0 Å². The predicted octanol–water partition coefficient (Wildman–Crippen LogP) is -0.136. The van der Waals surface area contributed by atoms with Crippen molar-refractivity contribution in [2.45, 2.75) is 13.3 Å². The molecule has 0 saturated heterocycles. The van der Waals surface area contributed by atoms with Gasteiger partial charge in [0.1, 0.15) is 0 Å². The zero-order valence-electron chi connectivity index (χ0n) is 8.16. The molecule has 0 radical (unpaired) electrons. The molecule has 1 amide bonds. The van der Waals surface area contributed by atoms with E-state index in [0.717, 1.165) is 12.0 Å². The average Bonchev–Trinajstić information content (AvgIpc) is 2.18. The SMILES string of the molecule is Cc1cnnc(C(=O)NCCCN)c1. The number of nitrogens with one attached hydrogen (secondary N) is 1. The summed E-state index contributed by atoms with van der Waals surface area (Å²) >= 11 is 0. The summed E-state index contributed by atoms with van der Waals surface area (Å²) in [5, 5.41) is 10.1. The molecule has 3 N–H and O–H groups in total. The lowest BCUT2D eigenvalue weighted by atomic mass is 10.3. The lowest BCUT2D eigenvalue weighted by Crippen LogP contribution is -2.27. The van der Waals surface area contributed by atoms with Crippen LogP contribution in [0.3, 0.4) is 0 Å². The Bertz CT molecular complexity index is 313. The Morgan fingerprint density at radius 2 is 2.43 bits per heavy atom. The van der Waals surface area contributed by atoms with E-state index in [1.807, 2.05) is 6.92 Å². The van der Waals surface area contributed by atoms with Crippen LogP contribution in [0.1, 0.15) is 22.5 Å². The second-order valence-corrected chi connectivity index (χ2v) is 3.02. The highest BCUT2D eigenvalue weighted by molar-refractivity contribution is 5.92. The highest BCUT2D eigenvalue weighted by atomic mass is 16.1. The molecule has 1 aromatic rings. The molecule has 5 heteroatoms. The molecule has 0 spiro atoms. The van der Waals surface area contributed by atoms with E-state index in [2.05, 4.69) is 15.5 Å². The van der Waals surface area contributed by atoms with Crippen LogP contribution in [0.25, 0.3) is 0 Å². The van der Waals surface area contributed by atoms with Gasteiger partial charge in [-0.15, -0.1) is 5.10 Å². The van der Waals surface area contributed by atoms with Crippen molar-refractivity contribution in [2.24, 2.45) is 5.73 Å². The molecule has 1 rings (SSSR count). The summed E-state index contributed by atoms with van der Waals surface area (Å²) in [5.41, 5.74) is 6.57. The molecule has 0 fully saturated rings. The standard InChI is InChI=1S/C9H14N4O/c1-7-5-8(13-12-6-7)9(14)11-4-2-3-10/h5-6H,2-4,10H2,1H3,(H,11,14). The van der Waals surface area contributed by atoms with Crippen molar-refractivity contribution in [1.82, 2.24) is 15.5 Å². The van der Waals surface area contributed by atoms with Crippen molar-refractivity contribution in [3.8, 4) is 0 Å². The third-order valence-electron chi connectivity index (χ3n) is 1.69. The van der Waals surface area contributed by atoms with Gasteiger partial charge in [0.15, 0.2) is 5.69 Å². The van der Waals surface area contributed by atoms with Gasteiger partial charge in [-0.3, -0.25) is 4.79 Å². The van der Waals surface area contributed by atoms with Crippen LogP contribution in [-0.4, -0.2) is 29.2 Å². The van der Waals surface area contributed by atoms with Gasteiger partial charge in [-0.25, -0.2) is 0 Å². The topological polar surface area (TPSA) is 80.9 Å². The van der Waals surface area contributed by atoms with E-state index in [-0.39, 0.29) is 5.91 Å². The smallest absolute Gasteiger partial charge is 0.271 e. The first-order chi connectivity index (χ1) is 6.74. The summed E-state index contributed by atoms with van der Waals surface area (Å²) in [6, 6.07) is 1.70. The lowest BCUT2D eigenvalue weighted by Gasteiger charge is -2.02. The fraction of sp³-hybridized carbons (Fsp3) is 0.444. The molecule has 0 aliphatic heterocycles. The van der Waals surface area contributed by atoms with Gasteiger partial charge in [0.25, 0.3) is 5.91 Å². The Kier molecular flexibility index (Phi) is 4.00. The number of nitrogens with zero attached hydrogens (tertiary/aromatic N) is 2. The van der Waals surface area contributed by atoms with E-state index in [9.17, 15) is 4.79 Å². The highest BCUT2D eigenvalue weighted by Crippen LogP contribution is 1.96. The third-order valence-corrected chi connectivity index (χ3v) is 1.69. The molecule has 0 aliphatic carbocycles. The van der Waals surface area contributed by atoms with E-state index in [0.29, 0.717) is 18.8 Å². The maximum Gasteiger partial charge on any atom is 0.271 e. The van der Waals surface area contributed by atoms with Crippen molar-refractivity contribution in [2.75, 3.05) is 13.1 Å². The zero-order valence-corrected chi connectivity index (χ0v) is 8.16. The van der Waals surface area contributed by atoms with E-state index in [4.69, 9.17) is 5.73 Å². The molecule has 1 heterocycles. The van der Waals surface area contributed by atoms with Gasteiger partial charge in [0.05, 0.1) is 6.20 Å². The van der Waals surface area contributed by atoms with Crippen molar-refractivity contribution in [3.63, 3.8) is 0 Å². The molecule has 5 nitrogen and oxygen atoms in total. The Balaban J connectivity index is 2.52. The normalized spacial score (nSPS) is 9.86. The Morgan fingerprint density at radius 1 is 1.64 bits per heavy atom. The number of nitrogens with two attached hydrogens (primary N) is 1. The number of amides is 1. The summed E-state index contributed by atoms with van der Waals surface area (Å²) < 4.78 is 0. The molecule has 76 valence electrons. The third kappa shape index (κ3) is 3.10. The van der Waals surface area contributed by atoms with Crippen LogP contribution in [0.15, 0.2) is 12.3 Å². The first-order valence-electron chi connectivity index (χ1n) is 4.51. The van der Waals surface area contributed by atoms with Gasteiger partial charge in [0.2, 0.25) is 0 Å². The summed E-state index contributed by atoms with van der Waals surface area (Å²) in [6.45, 7) is 3.01. The van der Waals surface area contributed by atoms with Crippen LogP contribution in [0.2, 0.25) is 0 Å². The van der Waals surface area contributed by atoms with Gasteiger partial charge >= 0.3 is 0 Å². The van der Waals surface area contributed by atoms with E-state index in [1.54, 1.807) is 12.3 Å². The van der Waals surface area contributed by atoms with Gasteiger partial charge in [-0.05, 0) is 31.5 Å². The first kappa shape index (κ1) is 10.6.